The largest absolute Gasteiger partial charge is 0.414 e. The van der Waals surface area contributed by atoms with Gasteiger partial charge in [0.25, 0.3) is 0 Å². The van der Waals surface area contributed by atoms with Crippen molar-refractivity contribution in [2.24, 2.45) is 40.4 Å². The zero-order valence-electron chi connectivity index (χ0n) is 25.3. The molecule has 3 heteroatoms. The van der Waals surface area contributed by atoms with E-state index >= 15 is 0 Å². The van der Waals surface area contributed by atoms with Gasteiger partial charge in [0.1, 0.15) is 0 Å². The smallest absolute Gasteiger partial charge is 0.192 e. The number of hydrogen-bond donors (Lipinski definition) is 1. The molecule has 0 aromatic heterocycles. The lowest BCUT2D eigenvalue weighted by Gasteiger charge is -2.56. The molecule has 3 fully saturated rings. The first-order valence-corrected chi connectivity index (χ1v) is 18.3. The van der Waals surface area contributed by atoms with E-state index in [-0.39, 0.29) is 5.04 Å². The molecule has 2 nitrogen and oxygen atoms in total. The van der Waals surface area contributed by atoms with Crippen LogP contribution in [-0.2, 0) is 4.43 Å². The molecular formula is C33H58O2Si. The average molecular weight is 515 g/mol. The van der Waals surface area contributed by atoms with Crippen LogP contribution in [0, 0.1) is 40.4 Å². The third-order valence-electron chi connectivity index (χ3n) is 12.2. The molecule has 0 bridgehead atoms. The van der Waals surface area contributed by atoms with E-state index in [2.05, 4.69) is 73.7 Å². The van der Waals surface area contributed by atoms with Crippen molar-refractivity contribution < 1.29 is 9.53 Å². The molecule has 0 aromatic rings. The monoisotopic (exact) mass is 514 g/mol. The minimum atomic E-state index is -1.73. The fraction of sp³-hybridized carbons (Fsp3) is 0.879. The van der Waals surface area contributed by atoms with Gasteiger partial charge in [-0.25, -0.2) is 0 Å². The number of hydrogen-bond acceptors (Lipinski definition) is 2. The summed E-state index contributed by atoms with van der Waals surface area (Å²) in [5, 5.41) is 9.68. The summed E-state index contributed by atoms with van der Waals surface area (Å²) < 4.78 is 6.92. The van der Waals surface area contributed by atoms with E-state index in [0.29, 0.717) is 29.5 Å². The third-order valence-corrected chi connectivity index (χ3v) is 16.8. The van der Waals surface area contributed by atoms with Gasteiger partial charge in [-0.1, -0.05) is 84.6 Å². The number of rotatable bonds is 8. The van der Waals surface area contributed by atoms with Crippen molar-refractivity contribution in [3.8, 4) is 0 Å². The van der Waals surface area contributed by atoms with Crippen LogP contribution in [0.5, 0.6) is 0 Å². The Kier molecular flexibility index (Phi) is 8.19. The SMILES string of the molecule is C[C@H](CO)CCC[C@@H](C)[C@H]1CC[C@H]2C3=CC=C4C[C@@H](O[Si](C)(C)C(C)(C)C)CC[C@]4(C)[C@H]3CC[C@]12C. The molecular weight excluding hydrogens is 456 g/mol. The van der Waals surface area contributed by atoms with Crippen LogP contribution >= 0.6 is 0 Å². The fourth-order valence-corrected chi connectivity index (χ4v) is 10.1. The van der Waals surface area contributed by atoms with E-state index in [0.717, 1.165) is 30.1 Å². The van der Waals surface area contributed by atoms with Crippen LogP contribution in [0.1, 0.15) is 113 Å². The number of allylic oxidation sites excluding steroid dienone is 3. The molecule has 0 amide bonds. The van der Waals surface area contributed by atoms with Gasteiger partial charge in [0.15, 0.2) is 8.32 Å². The lowest BCUT2D eigenvalue weighted by molar-refractivity contribution is 0.0340. The second-order valence-electron chi connectivity index (χ2n) is 15.5. The highest BCUT2D eigenvalue weighted by molar-refractivity contribution is 6.74. The van der Waals surface area contributed by atoms with E-state index in [9.17, 15) is 5.11 Å². The van der Waals surface area contributed by atoms with Crippen LogP contribution in [0.3, 0.4) is 0 Å². The molecule has 0 radical (unpaired) electrons. The molecule has 0 saturated heterocycles. The number of aliphatic hydroxyl groups is 1. The van der Waals surface area contributed by atoms with Gasteiger partial charge in [-0.15, -0.1) is 0 Å². The molecule has 0 spiro atoms. The molecule has 3 saturated carbocycles. The second kappa shape index (κ2) is 10.3. The van der Waals surface area contributed by atoms with E-state index in [4.69, 9.17) is 4.43 Å². The number of fused-ring (bicyclic) bond motifs is 5. The quantitative estimate of drug-likeness (QED) is 0.327. The van der Waals surface area contributed by atoms with Gasteiger partial charge in [0.2, 0.25) is 0 Å². The molecule has 206 valence electrons. The molecule has 0 heterocycles. The molecule has 1 N–H and O–H groups in total. The first-order valence-electron chi connectivity index (χ1n) is 15.4. The van der Waals surface area contributed by atoms with Crippen molar-refractivity contribution in [1.29, 1.82) is 0 Å². The average Bonchev–Trinajstić information content (AvgIpc) is 3.15. The van der Waals surface area contributed by atoms with Gasteiger partial charge in [0.05, 0.1) is 0 Å². The second-order valence-corrected chi connectivity index (χ2v) is 20.3. The summed E-state index contributed by atoms with van der Waals surface area (Å²) in [6.45, 7) is 22.3. The zero-order chi connectivity index (χ0) is 26.5. The molecule has 4 aliphatic carbocycles. The Balaban J connectivity index is 1.47. The highest BCUT2D eigenvalue weighted by Gasteiger charge is 2.57. The first-order chi connectivity index (χ1) is 16.7. The van der Waals surface area contributed by atoms with Crippen molar-refractivity contribution >= 4 is 8.32 Å². The van der Waals surface area contributed by atoms with Crippen LogP contribution in [-0.4, -0.2) is 26.1 Å². The van der Waals surface area contributed by atoms with Gasteiger partial charge < -0.3 is 9.53 Å². The summed E-state index contributed by atoms with van der Waals surface area (Å²) in [5.41, 5.74) is 4.34. The Bertz CT molecular complexity index is 850. The molecule has 4 rings (SSSR count). The summed E-state index contributed by atoms with van der Waals surface area (Å²) in [7, 11) is -1.73. The topological polar surface area (TPSA) is 29.5 Å². The predicted octanol–water partition coefficient (Wildman–Crippen LogP) is 9.31. The van der Waals surface area contributed by atoms with Crippen molar-refractivity contribution in [3.63, 3.8) is 0 Å². The summed E-state index contributed by atoms with van der Waals surface area (Å²) in [5.74, 6) is 3.66. The molecule has 0 aliphatic heterocycles. The standard InChI is InChI=1S/C33H58O2Si/c1-23(22-34)11-10-12-24(2)28-15-16-29-27-14-13-25-21-26(35-36(8,9)31(3,4)5)17-19-32(25,6)30(27)18-20-33(28,29)7/h13-14,23-24,26,28-30,34H,10-12,15-22H2,1-9H3/t23-,24+,26-,28+,29-,30-,32-,33+/m0/s1. The van der Waals surface area contributed by atoms with E-state index in [1.54, 1.807) is 5.57 Å². The summed E-state index contributed by atoms with van der Waals surface area (Å²) >= 11 is 0. The predicted molar refractivity (Wildman–Crippen MR) is 157 cm³/mol. The van der Waals surface area contributed by atoms with Gasteiger partial charge in [-0.05, 0) is 110 Å². The Morgan fingerprint density at radius 1 is 1.00 bits per heavy atom. The van der Waals surface area contributed by atoms with E-state index < -0.39 is 8.32 Å². The fourth-order valence-electron chi connectivity index (χ4n) is 8.72. The minimum Gasteiger partial charge on any atom is -0.414 e. The third kappa shape index (κ3) is 5.12. The summed E-state index contributed by atoms with van der Waals surface area (Å²) in [6.07, 6.45) is 18.6. The summed E-state index contributed by atoms with van der Waals surface area (Å²) in [6, 6.07) is 0. The molecule has 36 heavy (non-hydrogen) atoms. The molecule has 8 atom stereocenters. The highest BCUT2D eigenvalue weighted by Crippen LogP contribution is 2.66. The Morgan fingerprint density at radius 3 is 2.39 bits per heavy atom. The van der Waals surface area contributed by atoms with Crippen LogP contribution < -0.4 is 0 Å². The molecule has 4 aliphatic rings. The first kappa shape index (κ1) is 28.6. The van der Waals surface area contributed by atoms with Crippen LogP contribution in [0.25, 0.3) is 0 Å². The maximum absolute atomic E-state index is 9.40. The summed E-state index contributed by atoms with van der Waals surface area (Å²) in [4.78, 5) is 0. The minimum absolute atomic E-state index is 0.281. The lowest BCUT2D eigenvalue weighted by atomic mass is 9.50. The van der Waals surface area contributed by atoms with Crippen molar-refractivity contribution in [2.75, 3.05) is 6.61 Å². The zero-order valence-corrected chi connectivity index (χ0v) is 26.3. The normalized spacial score (nSPS) is 38.4. The van der Waals surface area contributed by atoms with Crippen molar-refractivity contribution in [3.05, 3.63) is 23.3 Å². The van der Waals surface area contributed by atoms with Crippen LogP contribution in [0.15, 0.2) is 23.3 Å². The van der Waals surface area contributed by atoms with E-state index in [1.165, 1.54) is 57.8 Å². The molecule has 0 unspecified atom stereocenters. The Labute approximate surface area is 224 Å². The van der Waals surface area contributed by atoms with E-state index in [1.807, 2.05) is 5.57 Å². The molecule has 0 aromatic carbocycles. The maximum atomic E-state index is 9.40. The van der Waals surface area contributed by atoms with Crippen molar-refractivity contribution in [1.82, 2.24) is 0 Å². The van der Waals surface area contributed by atoms with Gasteiger partial charge in [-0.2, -0.15) is 0 Å². The Hall–Kier alpha value is -0.383. The van der Waals surface area contributed by atoms with Gasteiger partial charge in [0, 0.05) is 12.7 Å². The lowest BCUT2D eigenvalue weighted by Crippen LogP contribution is -2.49. The maximum Gasteiger partial charge on any atom is 0.192 e. The Morgan fingerprint density at radius 2 is 1.72 bits per heavy atom. The van der Waals surface area contributed by atoms with Gasteiger partial charge in [-0.3, -0.25) is 0 Å². The highest BCUT2D eigenvalue weighted by atomic mass is 28.4. The van der Waals surface area contributed by atoms with Gasteiger partial charge >= 0.3 is 0 Å². The number of aliphatic hydroxyl groups excluding tert-OH is 1. The van der Waals surface area contributed by atoms with Crippen LogP contribution in [0.4, 0.5) is 0 Å². The van der Waals surface area contributed by atoms with Crippen molar-refractivity contribution in [2.45, 2.75) is 137 Å². The van der Waals surface area contributed by atoms with Crippen LogP contribution in [0.2, 0.25) is 18.1 Å².